The SMILES string of the molecule is COc1cc(C(=O)COc2ccc(S(=O)(=O)N3CCOCC3)cc2[N+](=O)[O-])cc(OC)c1OC. The molecule has 0 radical (unpaired) electrons. The minimum atomic E-state index is -3.94. The summed E-state index contributed by atoms with van der Waals surface area (Å²) >= 11 is 0. The standard InChI is InChI=1S/C21H24N2O10S/c1-29-19-10-14(11-20(30-2)21(19)31-3)17(24)13-33-18-5-4-15(12-16(18)23(25)26)34(27,28)22-6-8-32-9-7-22/h4-5,10-12H,6-9,13H2,1-3H3. The number of carbonyl (C=O) groups excluding carboxylic acids is 1. The van der Waals surface area contributed by atoms with Crippen molar-refractivity contribution in [1.29, 1.82) is 0 Å². The summed E-state index contributed by atoms with van der Waals surface area (Å²) in [5.74, 6) is 0.0585. The largest absolute Gasteiger partial charge is 0.493 e. The number of sulfonamides is 1. The van der Waals surface area contributed by atoms with Gasteiger partial charge in [0.2, 0.25) is 15.8 Å². The summed E-state index contributed by atoms with van der Waals surface area (Å²) in [6.07, 6.45) is 0. The first-order chi connectivity index (χ1) is 16.2. The van der Waals surface area contributed by atoms with Crippen molar-refractivity contribution in [3.05, 3.63) is 46.0 Å². The van der Waals surface area contributed by atoms with Crippen LogP contribution in [0.15, 0.2) is 35.2 Å². The second kappa shape index (κ2) is 10.7. The molecule has 1 saturated heterocycles. The highest BCUT2D eigenvalue weighted by atomic mass is 32.2. The van der Waals surface area contributed by atoms with E-state index in [9.17, 15) is 23.3 Å². The molecule has 12 nitrogen and oxygen atoms in total. The van der Waals surface area contributed by atoms with Crippen LogP contribution in [0.2, 0.25) is 0 Å². The maximum absolute atomic E-state index is 12.8. The molecule has 0 aliphatic carbocycles. The van der Waals surface area contributed by atoms with E-state index in [4.69, 9.17) is 23.7 Å². The van der Waals surface area contributed by atoms with Crippen LogP contribution in [0.1, 0.15) is 10.4 Å². The minimum absolute atomic E-state index is 0.150. The molecule has 34 heavy (non-hydrogen) atoms. The molecule has 2 aromatic carbocycles. The first-order valence-electron chi connectivity index (χ1n) is 10.0. The number of ether oxygens (including phenoxy) is 5. The van der Waals surface area contributed by atoms with Crippen LogP contribution in [0.5, 0.6) is 23.0 Å². The van der Waals surface area contributed by atoms with Crippen molar-refractivity contribution in [3.8, 4) is 23.0 Å². The third-order valence-electron chi connectivity index (χ3n) is 5.08. The lowest BCUT2D eigenvalue weighted by molar-refractivity contribution is -0.386. The highest BCUT2D eigenvalue weighted by molar-refractivity contribution is 7.89. The second-order valence-corrected chi connectivity index (χ2v) is 8.97. The predicted molar refractivity (Wildman–Crippen MR) is 119 cm³/mol. The molecule has 184 valence electrons. The first-order valence-corrected chi connectivity index (χ1v) is 11.5. The second-order valence-electron chi connectivity index (χ2n) is 7.03. The highest BCUT2D eigenvalue weighted by Crippen LogP contribution is 2.38. The maximum Gasteiger partial charge on any atom is 0.312 e. The third-order valence-corrected chi connectivity index (χ3v) is 6.98. The van der Waals surface area contributed by atoms with Crippen molar-refractivity contribution >= 4 is 21.5 Å². The summed E-state index contributed by atoms with van der Waals surface area (Å²) in [6, 6.07) is 6.15. The van der Waals surface area contributed by atoms with Crippen molar-refractivity contribution in [2.45, 2.75) is 4.90 Å². The number of rotatable bonds is 10. The van der Waals surface area contributed by atoms with Gasteiger partial charge in [-0.05, 0) is 24.3 Å². The number of hydrogen-bond acceptors (Lipinski definition) is 10. The normalized spacial score (nSPS) is 14.3. The number of ketones is 1. The van der Waals surface area contributed by atoms with Crippen LogP contribution < -0.4 is 18.9 Å². The summed E-state index contributed by atoms with van der Waals surface area (Å²) in [5.41, 5.74) is -0.407. The Bertz CT molecular complexity index is 1150. The van der Waals surface area contributed by atoms with Gasteiger partial charge in [-0.3, -0.25) is 14.9 Å². The van der Waals surface area contributed by atoms with Crippen molar-refractivity contribution < 1.29 is 41.8 Å². The number of methoxy groups -OCH3 is 3. The van der Waals surface area contributed by atoms with Gasteiger partial charge in [0.05, 0.1) is 44.4 Å². The topological polar surface area (TPSA) is 144 Å². The van der Waals surface area contributed by atoms with Gasteiger partial charge in [-0.25, -0.2) is 8.42 Å². The molecule has 0 saturated carbocycles. The van der Waals surface area contributed by atoms with E-state index in [0.29, 0.717) is 5.75 Å². The zero-order chi connectivity index (χ0) is 24.9. The molecule has 0 bridgehead atoms. The molecule has 0 unspecified atom stereocenters. The fourth-order valence-electron chi connectivity index (χ4n) is 3.33. The molecule has 3 rings (SSSR count). The lowest BCUT2D eigenvalue weighted by atomic mass is 10.1. The van der Waals surface area contributed by atoms with Gasteiger partial charge in [-0.1, -0.05) is 0 Å². The van der Waals surface area contributed by atoms with E-state index in [1.54, 1.807) is 0 Å². The Balaban J connectivity index is 1.83. The summed E-state index contributed by atoms with van der Waals surface area (Å²) in [6.45, 7) is 0.238. The van der Waals surface area contributed by atoms with E-state index in [1.165, 1.54) is 43.8 Å². The molecule has 0 amide bonds. The molecule has 0 aromatic heterocycles. The Labute approximate surface area is 196 Å². The predicted octanol–water partition coefficient (Wildman–Crippen LogP) is 1.90. The zero-order valence-corrected chi connectivity index (χ0v) is 19.6. The Morgan fingerprint density at radius 1 is 1.03 bits per heavy atom. The fourth-order valence-corrected chi connectivity index (χ4v) is 4.76. The Morgan fingerprint density at radius 3 is 2.18 bits per heavy atom. The minimum Gasteiger partial charge on any atom is -0.493 e. The van der Waals surface area contributed by atoms with Gasteiger partial charge in [0.15, 0.2) is 29.6 Å². The molecule has 1 aliphatic rings. The molecule has 0 atom stereocenters. The van der Waals surface area contributed by atoms with E-state index in [-0.39, 0.29) is 54.0 Å². The number of hydrogen-bond donors (Lipinski definition) is 0. The van der Waals surface area contributed by atoms with Crippen molar-refractivity contribution in [2.75, 3.05) is 54.2 Å². The number of nitrogens with zero attached hydrogens (tertiary/aromatic N) is 2. The van der Waals surface area contributed by atoms with Gasteiger partial charge in [0, 0.05) is 24.7 Å². The Morgan fingerprint density at radius 2 is 1.65 bits per heavy atom. The number of nitro groups is 1. The molecule has 2 aromatic rings. The molecular formula is C21H24N2O10S. The molecular weight excluding hydrogens is 472 g/mol. The van der Waals surface area contributed by atoms with Crippen molar-refractivity contribution in [1.82, 2.24) is 4.31 Å². The fraction of sp³-hybridized carbons (Fsp3) is 0.381. The average molecular weight is 496 g/mol. The number of carbonyl (C=O) groups is 1. The number of benzene rings is 2. The Hall–Kier alpha value is -3.42. The van der Waals surface area contributed by atoms with Crippen molar-refractivity contribution in [3.63, 3.8) is 0 Å². The zero-order valence-electron chi connectivity index (χ0n) is 18.8. The van der Waals surface area contributed by atoms with E-state index in [0.717, 1.165) is 12.1 Å². The van der Waals surface area contributed by atoms with Gasteiger partial charge in [-0.15, -0.1) is 0 Å². The van der Waals surface area contributed by atoms with Gasteiger partial charge in [-0.2, -0.15) is 4.31 Å². The summed E-state index contributed by atoms with van der Waals surface area (Å²) in [4.78, 5) is 23.3. The molecule has 1 fully saturated rings. The van der Waals surface area contributed by atoms with Crippen LogP contribution >= 0.6 is 0 Å². The third kappa shape index (κ3) is 5.21. The number of morpholine rings is 1. The van der Waals surface area contributed by atoms with Crippen LogP contribution in [0.4, 0.5) is 5.69 Å². The maximum atomic E-state index is 12.8. The van der Waals surface area contributed by atoms with Crippen LogP contribution in [-0.2, 0) is 14.8 Å². The molecule has 0 N–H and O–H groups in total. The quantitative estimate of drug-likeness (QED) is 0.272. The first kappa shape index (κ1) is 25.2. The average Bonchev–Trinajstić information content (AvgIpc) is 2.86. The lowest BCUT2D eigenvalue weighted by Crippen LogP contribution is -2.40. The number of Topliss-reactive ketones (excluding diaryl/α,β-unsaturated/α-hetero) is 1. The Kier molecular flexibility index (Phi) is 7.91. The monoisotopic (exact) mass is 496 g/mol. The smallest absolute Gasteiger partial charge is 0.312 e. The summed E-state index contributed by atoms with van der Waals surface area (Å²) < 4.78 is 53.0. The van der Waals surface area contributed by atoms with Gasteiger partial charge in [0.1, 0.15) is 0 Å². The van der Waals surface area contributed by atoms with E-state index >= 15 is 0 Å². The van der Waals surface area contributed by atoms with Crippen LogP contribution in [0.25, 0.3) is 0 Å². The molecule has 1 aliphatic heterocycles. The number of nitro benzene ring substituents is 1. The van der Waals surface area contributed by atoms with Crippen LogP contribution in [0.3, 0.4) is 0 Å². The lowest BCUT2D eigenvalue weighted by Gasteiger charge is -2.26. The summed E-state index contributed by atoms with van der Waals surface area (Å²) in [7, 11) is 0.281. The van der Waals surface area contributed by atoms with Crippen LogP contribution in [-0.4, -0.2) is 77.7 Å². The van der Waals surface area contributed by atoms with Crippen molar-refractivity contribution in [2.24, 2.45) is 0 Å². The summed E-state index contributed by atoms with van der Waals surface area (Å²) in [5, 5.41) is 11.6. The van der Waals surface area contributed by atoms with E-state index in [2.05, 4.69) is 0 Å². The highest BCUT2D eigenvalue weighted by Gasteiger charge is 2.29. The van der Waals surface area contributed by atoms with Crippen LogP contribution in [0, 0.1) is 10.1 Å². The van der Waals surface area contributed by atoms with Gasteiger partial charge in [0.25, 0.3) is 0 Å². The molecule has 1 heterocycles. The van der Waals surface area contributed by atoms with Gasteiger partial charge < -0.3 is 23.7 Å². The van der Waals surface area contributed by atoms with Gasteiger partial charge >= 0.3 is 5.69 Å². The van der Waals surface area contributed by atoms with E-state index < -0.39 is 33.0 Å². The van der Waals surface area contributed by atoms with E-state index in [1.807, 2.05) is 0 Å². The molecule has 0 spiro atoms. The molecule has 13 heteroatoms.